The van der Waals surface area contributed by atoms with E-state index in [0.717, 1.165) is 38.5 Å². The van der Waals surface area contributed by atoms with Crippen LogP contribution in [0, 0.1) is 0 Å². The van der Waals surface area contributed by atoms with E-state index in [1.807, 2.05) is 13.8 Å². The van der Waals surface area contributed by atoms with Crippen LogP contribution in [-0.4, -0.2) is 24.9 Å². The Morgan fingerprint density at radius 3 is 1.61 bits per heavy atom. The molecule has 0 aromatic rings. The van der Waals surface area contributed by atoms with Gasteiger partial charge in [0, 0.05) is 12.8 Å². The third-order valence-electron chi connectivity index (χ3n) is 4.00. The van der Waals surface area contributed by atoms with Crippen molar-refractivity contribution in [2.24, 2.45) is 0 Å². The van der Waals surface area contributed by atoms with Crippen LogP contribution in [0.2, 0.25) is 0 Å². The van der Waals surface area contributed by atoms with Crippen molar-refractivity contribution >= 4 is 11.9 Å². The van der Waals surface area contributed by atoms with Gasteiger partial charge >= 0.3 is 18.3 Å². The molecule has 0 spiro atoms. The molecule has 4 nitrogen and oxygen atoms in total. The van der Waals surface area contributed by atoms with E-state index in [4.69, 9.17) is 4.74 Å². The summed E-state index contributed by atoms with van der Waals surface area (Å²) in [5, 5.41) is 0. The molecule has 0 aliphatic rings. The van der Waals surface area contributed by atoms with E-state index in [9.17, 15) is 22.8 Å². The molecule has 0 aliphatic heterocycles. The van der Waals surface area contributed by atoms with Gasteiger partial charge in [-0.15, -0.1) is 13.2 Å². The number of esters is 2. The first-order valence-electron chi connectivity index (χ1n) is 10.8. The fraction of sp³-hybridized carbons (Fsp3) is 0.905. The van der Waals surface area contributed by atoms with Crippen molar-refractivity contribution in [2.75, 3.05) is 6.61 Å². The van der Waals surface area contributed by atoms with Gasteiger partial charge in [0.2, 0.25) is 0 Å². The molecule has 168 valence electrons. The Labute approximate surface area is 168 Å². The highest BCUT2D eigenvalue weighted by molar-refractivity contribution is 5.69. The molecule has 0 aromatic heterocycles. The molecular formula is C21H39F3O4. The van der Waals surface area contributed by atoms with Gasteiger partial charge < -0.3 is 9.47 Å². The van der Waals surface area contributed by atoms with E-state index in [-0.39, 0.29) is 12.4 Å². The highest BCUT2D eigenvalue weighted by atomic mass is 19.4. The van der Waals surface area contributed by atoms with Gasteiger partial charge in [-0.05, 0) is 19.3 Å². The molecule has 0 radical (unpaired) electrons. The first kappa shape index (κ1) is 28.9. The molecule has 0 fully saturated rings. The maximum absolute atomic E-state index is 11.8. The number of hydrogen-bond donors (Lipinski definition) is 0. The van der Waals surface area contributed by atoms with Crippen molar-refractivity contribution in [1.82, 2.24) is 0 Å². The summed E-state index contributed by atoms with van der Waals surface area (Å²) in [5.74, 6) is -1.36. The lowest BCUT2D eigenvalue weighted by Crippen LogP contribution is -2.18. The molecule has 0 saturated carbocycles. The summed E-state index contributed by atoms with van der Waals surface area (Å²) >= 11 is 0. The van der Waals surface area contributed by atoms with E-state index in [1.165, 1.54) is 25.7 Å². The summed E-state index contributed by atoms with van der Waals surface area (Å²) in [5.41, 5.74) is 0. The standard InChI is InChI=1S/C19H33F3O4.C2H6/c1-2-3-4-5-8-11-14-17(23)25-16-13-10-7-6-9-12-15-18(24)26-19(20,21)22;1-2/h2-16H2,1H3;1-2H3. The Kier molecular flexibility index (Phi) is 21.1. The van der Waals surface area contributed by atoms with Gasteiger partial charge in [-0.3, -0.25) is 9.59 Å². The van der Waals surface area contributed by atoms with Crippen LogP contribution < -0.4 is 0 Å². The van der Waals surface area contributed by atoms with E-state index in [2.05, 4.69) is 11.7 Å². The van der Waals surface area contributed by atoms with Gasteiger partial charge in [0.1, 0.15) is 0 Å². The molecule has 0 atom stereocenters. The largest absolute Gasteiger partial charge is 0.575 e. The zero-order chi connectivity index (χ0) is 21.7. The van der Waals surface area contributed by atoms with Crippen LogP contribution >= 0.6 is 0 Å². The monoisotopic (exact) mass is 412 g/mol. The first-order valence-corrected chi connectivity index (χ1v) is 10.8. The minimum Gasteiger partial charge on any atom is -0.466 e. The molecule has 28 heavy (non-hydrogen) atoms. The van der Waals surface area contributed by atoms with Crippen LogP contribution in [-0.2, 0) is 19.1 Å². The molecule has 0 N–H and O–H groups in total. The molecule has 7 heteroatoms. The topological polar surface area (TPSA) is 52.6 Å². The van der Waals surface area contributed by atoms with Gasteiger partial charge in [0.25, 0.3) is 0 Å². The summed E-state index contributed by atoms with van der Waals surface area (Å²) < 4.78 is 43.7. The average molecular weight is 413 g/mol. The van der Waals surface area contributed by atoms with E-state index in [0.29, 0.717) is 25.9 Å². The fourth-order valence-corrected chi connectivity index (χ4v) is 2.57. The summed E-state index contributed by atoms with van der Waals surface area (Å²) in [6.45, 7) is 6.60. The Balaban J connectivity index is 0. The van der Waals surface area contributed by atoms with Gasteiger partial charge in [0.05, 0.1) is 6.61 Å². The minimum atomic E-state index is -4.89. The van der Waals surface area contributed by atoms with Crippen molar-refractivity contribution in [3.05, 3.63) is 0 Å². The highest BCUT2D eigenvalue weighted by Crippen LogP contribution is 2.18. The van der Waals surface area contributed by atoms with Crippen LogP contribution in [0.1, 0.15) is 111 Å². The van der Waals surface area contributed by atoms with Crippen molar-refractivity contribution < 1.29 is 32.2 Å². The van der Waals surface area contributed by atoms with Crippen LogP contribution in [0.25, 0.3) is 0 Å². The van der Waals surface area contributed by atoms with Crippen molar-refractivity contribution in [1.29, 1.82) is 0 Å². The zero-order valence-corrected chi connectivity index (χ0v) is 17.9. The van der Waals surface area contributed by atoms with Crippen LogP contribution in [0.5, 0.6) is 0 Å². The number of carbonyl (C=O) groups excluding carboxylic acids is 2. The first-order chi connectivity index (χ1) is 13.3. The Morgan fingerprint density at radius 2 is 1.11 bits per heavy atom. The fourth-order valence-electron chi connectivity index (χ4n) is 2.57. The SMILES string of the molecule is CC.CCCCCCCCC(=O)OCCCCCCCCC(=O)OC(F)(F)F. The van der Waals surface area contributed by atoms with Gasteiger partial charge in [-0.25, -0.2) is 0 Å². The molecular weight excluding hydrogens is 373 g/mol. The van der Waals surface area contributed by atoms with E-state index in [1.54, 1.807) is 0 Å². The lowest BCUT2D eigenvalue weighted by molar-refractivity contribution is -0.305. The molecule has 0 unspecified atom stereocenters. The van der Waals surface area contributed by atoms with Crippen molar-refractivity contribution in [3.8, 4) is 0 Å². The molecule has 0 aliphatic carbocycles. The number of hydrogen-bond acceptors (Lipinski definition) is 4. The Morgan fingerprint density at radius 1 is 0.679 bits per heavy atom. The number of carbonyl (C=O) groups is 2. The Bertz CT molecular complexity index is 371. The third kappa shape index (κ3) is 24.7. The summed E-state index contributed by atoms with van der Waals surface area (Å²) in [7, 11) is 0. The Hall–Kier alpha value is -1.27. The van der Waals surface area contributed by atoms with Crippen LogP contribution in [0.15, 0.2) is 0 Å². The van der Waals surface area contributed by atoms with Crippen LogP contribution in [0.4, 0.5) is 13.2 Å². The minimum absolute atomic E-state index is 0.135. The van der Waals surface area contributed by atoms with E-state index >= 15 is 0 Å². The zero-order valence-electron chi connectivity index (χ0n) is 17.9. The summed E-state index contributed by atoms with van der Waals surface area (Å²) in [6, 6.07) is 0. The van der Waals surface area contributed by atoms with Crippen molar-refractivity contribution in [2.45, 2.75) is 117 Å². The second-order valence-corrected chi connectivity index (χ2v) is 6.53. The number of unbranched alkanes of at least 4 members (excludes halogenated alkanes) is 10. The number of alkyl halides is 3. The molecule has 0 heterocycles. The molecule has 0 rings (SSSR count). The predicted octanol–water partition coefficient (Wildman–Crippen LogP) is 7.10. The average Bonchev–Trinajstić information content (AvgIpc) is 2.63. The molecule has 0 bridgehead atoms. The van der Waals surface area contributed by atoms with E-state index < -0.39 is 12.3 Å². The summed E-state index contributed by atoms with van der Waals surface area (Å²) in [6.07, 6.45) is 6.74. The van der Waals surface area contributed by atoms with Crippen molar-refractivity contribution in [3.63, 3.8) is 0 Å². The molecule has 0 saturated heterocycles. The summed E-state index contributed by atoms with van der Waals surface area (Å²) in [4.78, 5) is 22.4. The quantitative estimate of drug-likeness (QED) is 0.200. The van der Waals surface area contributed by atoms with Gasteiger partial charge in [-0.2, -0.15) is 0 Å². The molecule has 0 aromatic carbocycles. The van der Waals surface area contributed by atoms with Gasteiger partial charge in [-0.1, -0.05) is 78.6 Å². The normalized spacial score (nSPS) is 10.8. The lowest BCUT2D eigenvalue weighted by Gasteiger charge is -2.07. The smallest absolute Gasteiger partial charge is 0.466 e. The van der Waals surface area contributed by atoms with Gasteiger partial charge in [0.15, 0.2) is 0 Å². The number of halogens is 3. The highest BCUT2D eigenvalue weighted by Gasteiger charge is 2.33. The maximum atomic E-state index is 11.8. The number of rotatable bonds is 16. The van der Waals surface area contributed by atoms with Crippen LogP contribution in [0.3, 0.4) is 0 Å². The predicted molar refractivity (Wildman–Crippen MR) is 105 cm³/mol. The second-order valence-electron chi connectivity index (χ2n) is 6.53. The maximum Gasteiger partial charge on any atom is 0.575 e. The lowest BCUT2D eigenvalue weighted by atomic mass is 10.1. The number of ether oxygens (including phenoxy) is 2. The molecule has 0 amide bonds. The second kappa shape index (κ2) is 20.5. The third-order valence-corrected chi connectivity index (χ3v) is 4.00.